The van der Waals surface area contributed by atoms with Crippen molar-refractivity contribution in [2.75, 3.05) is 5.73 Å². The first-order chi connectivity index (χ1) is 13.1. The van der Waals surface area contributed by atoms with Gasteiger partial charge in [-0.2, -0.15) is 0 Å². The molecular weight excluding hydrogens is 384 g/mol. The van der Waals surface area contributed by atoms with E-state index in [1.807, 2.05) is 0 Å². The fraction of sp³-hybridized carbons (Fsp3) is 0.211. The van der Waals surface area contributed by atoms with Crippen LogP contribution >= 0.6 is 11.3 Å². The lowest BCUT2D eigenvalue weighted by molar-refractivity contribution is -0.123. The summed E-state index contributed by atoms with van der Waals surface area (Å²) in [5.41, 5.74) is 4.52. The molecule has 0 bridgehead atoms. The van der Waals surface area contributed by atoms with Crippen LogP contribution in [0.15, 0.2) is 28.5 Å². The van der Waals surface area contributed by atoms with Gasteiger partial charge in [-0.1, -0.05) is 0 Å². The fourth-order valence-electron chi connectivity index (χ4n) is 3.67. The molecule has 1 aliphatic carbocycles. The van der Waals surface area contributed by atoms with E-state index < -0.39 is 22.7 Å². The molecule has 1 aromatic heterocycles. The van der Waals surface area contributed by atoms with Crippen LogP contribution < -0.4 is 10.5 Å². The van der Waals surface area contributed by atoms with Gasteiger partial charge in [0.2, 0.25) is 0 Å². The minimum Gasteiger partial charge on any atom is -0.507 e. The number of carbonyl (C=O) groups is 2. The Bertz CT molecular complexity index is 1160. The first-order valence-electron chi connectivity index (χ1n) is 8.28. The Kier molecular flexibility index (Phi) is 3.60. The van der Waals surface area contributed by atoms with E-state index in [4.69, 9.17) is 10.5 Å². The van der Waals surface area contributed by atoms with Gasteiger partial charge in [0.05, 0.1) is 16.8 Å². The number of aromatic nitrogens is 1. The van der Waals surface area contributed by atoms with Crippen LogP contribution in [0.4, 0.5) is 5.13 Å². The van der Waals surface area contributed by atoms with Gasteiger partial charge in [-0.05, 0) is 20.8 Å². The number of nitrogens with two attached hydrogens (primary N) is 1. The molecule has 4 rings (SSSR count). The molecule has 2 heterocycles. The smallest absolute Gasteiger partial charge is 0.188 e. The number of carbonyl (C=O) groups excluding carboxylic acids is 2. The summed E-state index contributed by atoms with van der Waals surface area (Å²) in [5, 5.41) is 33.5. The van der Waals surface area contributed by atoms with E-state index in [2.05, 4.69) is 4.98 Å². The lowest BCUT2D eigenvalue weighted by Gasteiger charge is -2.28. The highest BCUT2D eigenvalue weighted by Crippen LogP contribution is 2.59. The number of allylic oxidation sites excluding steroid dienone is 3. The lowest BCUT2D eigenvalue weighted by atomic mass is 9.71. The zero-order chi connectivity index (χ0) is 20.5. The Morgan fingerprint density at radius 2 is 1.96 bits per heavy atom. The number of aliphatic hydroxyl groups is 1. The van der Waals surface area contributed by atoms with Crippen molar-refractivity contribution >= 4 is 28.0 Å². The van der Waals surface area contributed by atoms with Crippen molar-refractivity contribution in [2.24, 2.45) is 0 Å². The molecule has 2 aromatic rings. The van der Waals surface area contributed by atoms with Gasteiger partial charge in [-0.25, -0.2) is 4.98 Å². The standard InChI is InChI=1S/C19H16N2O6S/c1-6-14(24)12(8-5-28-18(20)21-8)16-13(15(6)25)19(3)10(27-16)4-9(23)11(7(2)22)17(19)26/h4-5,23-25H,1-3H3,(H2,20,21)/t19-/m0/s1. The van der Waals surface area contributed by atoms with Crippen LogP contribution in [0, 0.1) is 6.92 Å². The first-order valence-corrected chi connectivity index (χ1v) is 9.16. The number of hydrogen-bond acceptors (Lipinski definition) is 9. The molecule has 1 atom stereocenters. The predicted molar refractivity (Wildman–Crippen MR) is 101 cm³/mol. The average Bonchev–Trinajstić information content (AvgIpc) is 3.15. The number of nitrogen functional groups attached to an aromatic ring is 1. The number of phenolic OH excluding ortho intramolecular Hbond substituents is 2. The van der Waals surface area contributed by atoms with Crippen molar-refractivity contribution in [3.63, 3.8) is 0 Å². The molecule has 144 valence electrons. The van der Waals surface area contributed by atoms with E-state index in [1.54, 1.807) is 5.38 Å². The predicted octanol–water partition coefficient (Wildman–Crippen LogP) is 2.63. The van der Waals surface area contributed by atoms with Gasteiger partial charge < -0.3 is 25.8 Å². The van der Waals surface area contributed by atoms with Crippen LogP contribution in [0.3, 0.4) is 0 Å². The number of Topliss-reactive ketones (excluding diaryl/α,β-unsaturated/α-hetero) is 2. The van der Waals surface area contributed by atoms with Gasteiger partial charge >= 0.3 is 0 Å². The summed E-state index contributed by atoms with van der Waals surface area (Å²) >= 11 is 1.16. The minimum absolute atomic E-state index is 0.0330. The number of thiazole rings is 1. The number of ether oxygens (including phenoxy) is 1. The third kappa shape index (κ3) is 2.07. The molecule has 0 spiro atoms. The third-order valence-electron chi connectivity index (χ3n) is 5.18. The Hall–Kier alpha value is -3.33. The number of hydrogen-bond donors (Lipinski definition) is 4. The molecule has 1 aromatic carbocycles. The van der Waals surface area contributed by atoms with Crippen molar-refractivity contribution in [2.45, 2.75) is 26.2 Å². The molecule has 0 fully saturated rings. The van der Waals surface area contributed by atoms with Gasteiger partial charge in [0.25, 0.3) is 0 Å². The van der Waals surface area contributed by atoms with Gasteiger partial charge in [0, 0.05) is 17.0 Å². The summed E-state index contributed by atoms with van der Waals surface area (Å²) in [6.45, 7) is 4.16. The SMILES string of the molecule is CC(=O)C1=C(O)C=C2Oc3c(-c4csc(N)n4)c(O)c(C)c(O)c3[C@@]2(C)C1=O. The van der Waals surface area contributed by atoms with Crippen molar-refractivity contribution in [3.05, 3.63) is 39.7 Å². The Morgan fingerprint density at radius 3 is 2.54 bits per heavy atom. The van der Waals surface area contributed by atoms with E-state index in [0.717, 1.165) is 11.3 Å². The molecule has 1 aliphatic heterocycles. The average molecular weight is 400 g/mol. The van der Waals surface area contributed by atoms with E-state index >= 15 is 0 Å². The minimum atomic E-state index is -1.54. The molecule has 0 radical (unpaired) electrons. The highest BCUT2D eigenvalue weighted by molar-refractivity contribution is 7.13. The molecule has 28 heavy (non-hydrogen) atoms. The molecule has 2 aliphatic rings. The van der Waals surface area contributed by atoms with E-state index in [1.165, 1.54) is 26.8 Å². The highest BCUT2D eigenvalue weighted by Gasteiger charge is 2.55. The lowest BCUT2D eigenvalue weighted by Crippen LogP contribution is -2.38. The van der Waals surface area contributed by atoms with Crippen LogP contribution in [0.5, 0.6) is 17.2 Å². The second-order valence-corrected chi connectivity index (χ2v) is 7.74. The number of anilines is 1. The number of benzene rings is 1. The van der Waals surface area contributed by atoms with Crippen molar-refractivity contribution < 1.29 is 29.6 Å². The second kappa shape index (κ2) is 5.59. The molecule has 0 amide bonds. The number of aromatic hydroxyl groups is 2. The largest absolute Gasteiger partial charge is 0.507 e. The molecule has 0 saturated heterocycles. The summed E-state index contributed by atoms with van der Waals surface area (Å²) in [4.78, 5) is 29.3. The maximum Gasteiger partial charge on any atom is 0.188 e. The highest BCUT2D eigenvalue weighted by atomic mass is 32.1. The van der Waals surface area contributed by atoms with Gasteiger partial charge in [0.15, 0.2) is 16.7 Å². The molecule has 8 nitrogen and oxygen atoms in total. The van der Waals surface area contributed by atoms with E-state index in [9.17, 15) is 24.9 Å². The summed E-state index contributed by atoms with van der Waals surface area (Å²) in [6, 6.07) is 0. The Morgan fingerprint density at radius 1 is 1.29 bits per heavy atom. The third-order valence-corrected chi connectivity index (χ3v) is 5.85. The number of fused-ring (bicyclic) bond motifs is 3. The van der Waals surface area contributed by atoms with Crippen molar-refractivity contribution in [1.82, 2.24) is 4.98 Å². The fourth-order valence-corrected chi connectivity index (χ4v) is 4.22. The van der Waals surface area contributed by atoms with Crippen LogP contribution in [-0.2, 0) is 15.0 Å². The normalized spacial score (nSPS) is 20.5. The first kappa shape index (κ1) is 18.1. The van der Waals surface area contributed by atoms with Gasteiger partial charge in [0.1, 0.15) is 39.8 Å². The maximum atomic E-state index is 13.2. The molecule has 0 unspecified atom stereocenters. The van der Waals surface area contributed by atoms with Crippen LogP contribution in [0.2, 0.25) is 0 Å². The Labute approximate surface area is 163 Å². The molecule has 0 saturated carbocycles. The maximum absolute atomic E-state index is 13.2. The number of phenols is 2. The van der Waals surface area contributed by atoms with Crippen LogP contribution in [0.1, 0.15) is 25.0 Å². The van der Waals surface area contributed by atoms with E-state index in [-0.39, 0.29) is 50.4 Å². The summed E-state index contributed by atoms with van der Waals surface area (Å²) in [6.07, 6.45) is 1.18. The summed E-state index contributed by atoms with van der Waals surface area (Å²) < 4.78 is 5.83. The van der Waals surface area contributed by atoms with Crippen molar-refractivity contribution in [1.29, 1.82) is 0 Å². The molecule has 5 N–H and O–H groups in total. The number of ketones is 2. The number of rotatable bonds is 2. The summed E-state index contributed by atoms with van der Waals surface area (Å²) in [7, 11) is 0. The molecule has 9 heteroatoms. The van der Waals surface area contributed by atoms with Crippen LogP contribution in [0.25, 0.3) is 11.3 Å². The zero-order valence-corrected chi connectivity index (χ0v) is 16.0. The number of aliphatic hydroxyl groups excluding tert-OH is 1. The quantitative estimate of drug-likeness (QED) is 0.563. The van der Waals surface area contributed by atoms with Gasteiger partial charge in [-0.15, -0.1) is 11.3 Å². The Balaban J connectivity index is 2.07. The van der Waals surface area contributed by atoms with Gasteiger partial charge in [-0.3, -0.25) is 9.59 Å². The topological polar surface area (TPSA) is 143 Å². The molecular formula is C19H16N2O6S. The van der Waals surface area contributed by atoms with E-state index in [0.29, 0.717) is 5.69 Å². The summed E-state index contributed by atoms with van der Waals surface area (Å²) in [5.74, 6) is -2.32. The zero-order valence-electron chi connectivity index (χ0n) is 15.2. The number of nitrogens with zero attached hydrogens (tertiary/aromatic N) is 1. The van der Waals surface area contributed by atoms with Crippen LogP contribution in [-0.4, -0.2) is 31.9 Å². The monoisotopic (exact) mass is 400 g/mol. The van der Waals surface area contributed by atoms with Crippen molar-refractivity contribution in [3.8, 4) is 28.5 Å². The second-order valence-electron chi connectivity index (χ2n) is 6.85.